The molecule has 112 valence electrons. The molecule has 1 heterocycles. The Morgan fingerprint density at radius 1 is 1.10 bits per heavy atom. The van der Waals surface area contributed by atoms with Crippen LogP contribution in [0.1, 0.15) is 25.5 Å². The molecule has 0 spiro atoms. The van der Waals surface area contributed by atoms with Crippen molar-refractivity contribution in [2.45, 2.75) is 19.9 Å². The first-order chi connectivity index (χ1) is 10.3. The van der Waals surface area contributed by atoms with Crippen LogP contribution in [0.25, 0.3) is 0 Å². The molecule has 0 aliphatic rings. The summed E-state index contributed by atoms with van der Waals surface area (Å²) in [5.41, 5.74) is 1.17. The first kappa shape index (κ1) is 15.3. The highest BCUT2D eigenvalue weighted by molar-refractivity contribution is 5.39. The van der Waals surface area contributed by atoms with Gasteiger partial charge in [-0.3, -0.25) is 4.98 Å². The predicted octanol–water partition coefficient (Wildman–Crippen LogP) is 3.21. The molecule has 2 aromatic rings. The summed E-state index contributed by atoms with van der Waals surface area (Å²) < 4.78 is 11.3. The van der Waals surface area contributed by atoms with E-state index in [1.807, 2.05) is 43.5 Å². The van der Waals surface area contributed by atoms with Crippen molar-refractivity contribution in [3.8, 4) is 11.5 Å². The number of nitrogens with zero attached hydrogens (tertiary/aromatic N) is 1. The van der Waals surface area contributed by atoms with Crippen LogP contribution in [0, 0.1) is 0 Å². The molecular weight excluding hydrogens is 264 g/mol. The second kappa shape index (κ2) is 8.27. The van der Waals surface area contributed by atoms with Gasteiger partial charge in [-0.05, 0) is 37.6 Å². The van der Waals surface area contributed by atoms with Gasteiger partial charge in [-0.2, -0.15) is 0 Å². The summed E-state index contributed by atoms with van der Waals surface area (Å²) in [6, 6.07) is 12.0. The van der Waals surface area contributed by atoms with Crippen molar-refractivity contribution < 1.29 is 9.47 Å². The number of rotatable bonds is 8. The first-order valence-corrected chi connectivity index (χ1v) is 7.29. The van der Waals surface area contributed by atoms with Crippen molar-refractivity contribution in [2.75, 3.05) is 19.8 Å². The van der Waals surface area contributed by atoms with E-state index in [1.165, 1.54) is 5.56 Å². The van der Waals surface area contributed by atoms with Crippen LogP contribution in [0.2, 0.25) is 0 Å². The molecule has 0 saturated heterocycles. The maximum atomic E-state index is 5.77. The molecule has 0 aliphatic heterocycles. The van der Waals surface area contributed by atoms with Crippen molar-refractivity contribution in [1.29, 1.82) is 0 Å². The van der Waals surface area contributed by atoms with Crippen LogP contribution in [-0.2, 0) is 0 Å². The highest BCUT2D eigenvalue weighted by Crippen LogP contribution is 2.26. The number of benzene rings is 1. The third kappa shape index (κ3) is 4.76. The molecule has 1 atom stereocenters. The average Bonchev–Trinajstić information content (AvgIpc) is 2.54. The van der Waals surface area contributed by atoms with E-state index in [-0.39, 0.29) is 6.04 Å². The zero-order chi connectivity index (χ0) is 14.9. The summed E-state index contributed by atoms with van der Waals surface area (Å²) in [5.74, 6) is 1.58. The summed E-state index contributed by atoms with van der Waals surface area (Å²) in [6.07, 6.45) is 3.66. The van der Waals surface area contributed by atoms with Crippen molar-refractivity contribution in [2.24, 2.45) is 0 Å². The van der Waals surface area contributed by atoms with Gasteiger partial charge in [0.2, 0.25) is 0 Å². The van der Waals surface area contributed by atoms with Gasteiger partial charge >= 0.3 is 0 Å². The molecule has 2 rings (SSSR count). The maximum absolute atomic E-state index is 5.77. The second-order valence-electron chi connectivity index (χ2n) is 4.69. The third-order valence-electron chi connectivity index (χ3n) is 3.14. The van der Waals surface area contributed by atoms with Crippen LogP contribution in [-0.4, -0.2) is 24.7 Å². The normalized spacial score (nSPS) is 11.9. The van der Waals surface area contributed by atoms with Crippen LogP contribution >= 0.6 is 0 Å². The quantitative estimate of drug-likeness (QED) is 0.757. The molecule has 4 nitrogen and oxygen atoms in total. The first-order valence-electron chi connectivity index (χ1n) is 7.29. The highest BCUT2D eigenvalue weighted by atomic mass is 16.5. The summed E-state index contributed by atoms with van der Waals surface area (Å²) in [5, 5.41) is 3.41. The number of para-hydroxylation sites is 2. The minimum Gasteiger partial charge on any atom is -0.490 e. The Labute approximate surface area is 126 Å². The fourth-order valence-electron chi connectivity index (χ4n) is 2.03. The van der Waals surface area contributed by atoms with E-state index in [2.05, 4.69) is 23.3 Å². The van der Waals surface area contributed by atoms with Crippen LogP contribution < -0.4 is 14.8 Å². The molecule has 1 unspecified atom stereocenters. The lowest BCUT2D eigenvalue weighted by molar-refractivity contribution is 0.273. The van der Waals surface area contributed by atoms with Crippen LogP contribution in [0.3, 0.4) is 0 Å². The van der Waals surface area contributed by atoms with Gasteiger partial charge in [-0.15, -0.1) is 0 Å². The van der Waals surface area contributed by atoms with Crippen molar-refractivity contribution in [3.05, 3.63) is 54.4 Å². The number of hydrogen-bond donors (Lipinski definition) is 1. The summed E-state index contributed by atoms with van der Waals surface area (Å²) in [7, 11) is 0. The lowest BCUT2D eigenvalue weighted by Gasteiger charge is -2.15. The highest BCUT2D eigenvalue weighted by Gasteiger charge is 2.05. The van der Waals surface area contributed by atoms with E-state index in [1.54, 1.807) is 6.20 Å². The Bertz CT molecular complexity index is 531. The molecule has 0 fully saturated rings. The van der Waals surface area contributed by atoms with Gasteiger partial charge in [0, 0.05) is 25.0 Å². The zero-order valence-corrected chi connectivity index (χ0v) is 12.6. The van der Waals surface area contributed by atoms with E-state index in [4.69, 9.17) is 9.47 Å². The molecule has 0 bridgehead atoms. The molecule has 1 aromatic heterocycles. The average molecular weight is 286 g/mol. The Hall–Kier alpha value is -2.07. The molecule has 4 heteroatoms. The third-order valence-corrected chi connectivity index (χ3v) is 3.14. The van der Waals surface area contributed by atoms with Crippen molar-refractivity contribution in [3.63, 3.8) is 0 Å². The van der Waals surface area contributed by atoms with Gasteiger partial charge in [-0.1, -0.05) is 18.2 Å². The van der Waals surface area contributed by atoms with Gasteiger partial charge < -0.3 is 14.8 Å². The van der Waals surface area contributed by atoms with Crippen LogP contribution in [0.5, 0.6) is 11.5 Å². The fourth-order valence-corrected chi connectivity index (χ4v) is 2.03. The Kier molecular flexibility index (Phi) is 6.03. The van der Waals surface area contributed by atoms with Crippen LogP contribution in [0.15, 0.2) is 48.8 Å². The molecular formula is C17H22N2O2. The molecule has 0 saturated carbocycles. The Balaban J connectivity index is 1.77. The Morgan fingerprint density at radius 3 is 2.52 bits per heavy atom. The molecule has 1 N–H and O–H groups in total. The minimum absolute atomic E-state index is 0.254. The van der Waals surface area contributed by atoms with E-state index in [0.717, 1.165) is 18.0 Å². The monoisotopic (exact) mass is 286 g/mol. The fraction of sp³-hybridized carbons (Fsp3) is 0.353. The predicted molar refractivity (Wildman–Crippen MR) is 83.8 cm³/mol. The number of pyridine rings is 1. The van der Waals surface area contributed by atoms with Crippen molar-refractivity contribution in [1.82, 2.24) is 10.3 Å². The van der Waals surface area contributed by atoms with Gasteiger partial charge in [-0.25, -0.2) is 0 Å². The van der Waals surface area contributed by atoms with E-state index in [9.17, 15) is 0 Å². The molecule has 0 radical (unpaired) electrons. The SMILES string of the molecule is CCOc1ccccc1OCCNC(C)c1cccnc1. The second-order valence-corrected chi connectivity index (χ2v) is 4.69. The topological polar surface area (TPSA) is 43.4 Å². The van der Waals surface area contributed by atoms with E-state index >= 15 is 0 Å². The van der Waals surface area contributed by atoms with Gasteiger partial charge in [0.05, 0.1) is 6.61 Å². The largest absolute Gasteiger partial charge is 0.490 e. The number of aromatic nitrogens is 1. The molecule has 21 heavy (non-hydrogen) atoms. The smallest absolute Gasteiger partial charge is 0.161 e. The maximum Gasteiger partial charge on any atom is 0.161 e. The molecule has 1 aromatic carbocycles. The zero-order valence-electron chi connectivity index (χ0n) is 12.6. The lowest BCUT2D eigenvalue weighted by atomic mass is 10.1. The summed E-state index contributed by atoms with van der Waals surface area (Å²) in [6.45, 7) is 6.07. The van der Waals surface area contributed by atoms with E-state index < -0.39 is 0 Å². The lowest BCUT2D eigenvalue weighted by Crippen LogP contribution is -2.24. The number of ether oxygens (including phenoxy) is 2. The van der Waals surface area contributed by atoms with Gasteiger partial charge in [0.15, 0.2) is 11.5 Å². The van der Waals surface area contributed by atoms with Crippen LogP contribution in [0.4, 0.5) is 0 Å². The number of nitrogens with one attached hydrogen (secondary N) is 1. The van der Waals surface area contributed by atoms with E-state index in [0.29, 0.717) is 13.2 Å². The summed E-state index contributed by atoms with van der Waals surface area (Å²) >= 11 is 0. The number of hydrogen-bond acceptors (Lipinski definition) is 4. The standard InChI is InChI=1S/C17H22N2O2/c1-3-20-16-8-4-5-9-17(16)21-12-11-19-14(2)15-7-6-10-18-13-15/h4-10,13-14,19H,3,11-12H2,1-2H3. The van der Waals surface area contributed by atoms with Gasteiger partial charge in [0.1, 0.15) is 6.61 Å². The molecule has 0 aliphatic carbocycles. The van der Waals surface area contributed by atoms with Gasteiger partial charge in [0.25, 0.3) is 0 Å². The molecule has 0 amide bonds. The minimum atomic E-state index is 0.254. The van der Waals surface area contributed by atoms with Crippen molar-refractivity contribution >= 4 is 0 Å². The Morgan fingerprint density at radius 2 is 1.86 bits per heavy atom. The summed E-state index contributed by atoms with van der Waals surface area (Å²) in [4.78, 5) is 4.13.